The number of rotatable bonds is 2. The van der Waals surface area contributed by atoms with Gasteiger partial charge in [0, 0.05) is 18.8 Å². The van der Waals surface area contributed by atoms with Crippen molar-refractivity contribution >= 4 is 5.69 Å². The van der Waals surface area contributed by atoms with E-state index in [1.165, 1.54) is 0 Å². The highest BCUT2D eigenvalue weighted by atomic mass is 19.3. The van der Waals surface area contributed by atoms with Gasteiger partial charge in [0.05, 0.1) is 5.54 Å². The average molecular weight is 256 g/mol. The second kappa shape index (κ2) is 5.10. The summed E-state index contributed by atoms with van der Waals surface area (Å²) in [5.74, 6) is 0.203. The van der Waals surface area contributed by atoms with Gasteiger partial charge in [-0.3, -0.25) is 0 Å². The normalized spacial score (nSPS) is 25.2. The molecule has 0 amide bonds. The number of halogens is 2. The molecule has 0 radical (unpaired) electrons. The van der Waals surface area contributed by atoms with Crippen LogP contribution in [0.15, 0.2) is 24.3 Å². The maximum atomic E-state index is 12.9. The molecule has 3 nitrogen and oxygen atoms in total. The van der Waals surface area contributed by atoms with Crippen molar-refractivity contribution in [2.75, 3.05) is 18.0 Å². The highest BCUT2D eigenvalue weighted by Crippen LogP contribution is 2.29. The van der Waals surface area contributed by atoms with E-state index in [-0.39, 0.29) is 12.2 Å². The van der Waals surface area contributed by atoms with Crippen molar-refractivity contribution in [3.05, 3.63) is 24.3 Å². The third kappa shape index (κ3) is 2.72. The summed E-state index contributed by atoms with van der Waals surface area (Å²) in [5, 5.41) is 9.23. The molecular formula is C13H18F2N2O. The molecule has 1 heterocycles. The number of alkyl halides is 2. The lowest BCUT2D eigenvalue weighted by Crippen LogP contribution is -2.47. The molecule has 1 atom stereocenters. The second-order valence-corrected chi connectivity index (χ2v) is 4.89. The van der Waals surface area contributed by atoms with E-state index in [4.69, 9.17) is 5.73 Å². The Labute approximate surface area is 105 Å². The van der Waals surface area contributed by atoms with Crippen LogP contribution in [0.2, 0.25) is 0 Å². The molecule has 2 rings (SSSR count). The summed E-state index contributed by atoms with van der Waals surface area (Å²) in [6, 6.07) is 6.79. The summed E-state index contributed by atoms with van der Waals surface area (Å²) < 4.78 is 25.8. The van der Waals surface area contributed by atoms with Crippen LogP contribution in [0.4, 0.5) is 14.5 Å². The van der Waals surface area contributed by atoms with Crippen LogP contribution in [-0.2, 0) is 0 Å². The van der Waals surface area contributed by atoms with Gasteiger partial charge in [-0.15, -0.1) is 0 Å². The molecule has 1 unspecified atom stereocenters. The Morgan fingerprint density at radius 1 is 1.17 bits per heavy atom. The van der Waals surface area contributed by atoms with Gasteiger partial charge < -0.3 is 15.7 Å². The number of phenols is 1. The molecule has 0 saturated carbocycles. The van der Waals surface area contributed by atoms with Crippen molar-refractivity contribution in [3.8, 4) is 5.75 Å². The van der Waals surface area contributed by atoms with E-state index in [2.05, 4.69) is 0 Å². The van der Waals surface area contributed by atoms with Gasteiger partial charge in [0.1, 0.15) is 5.75 Å². The van der Waals surface area contributed by atoms with Gasteiger partial charge >= 0.3 is 0 Å². The van der Waals surface area contributed by atoms with Gasteiger partial charge in [0.15, 0.2) is 0 Å². The predicted molar refractivity (Wildman–Crippen MR) is 67.1 cm³/mol. The number of phenolic OH excluding ortho intramolecular Hbond substituents is 1. The molecule has 3 N–H and O–H groups in total. The van der Waals surface area contributed by atoms with E-state index in [9.17, 15) is 13.9 Å². The fourth-order valence-corrected chi connectivity index (χ4v) is 2.32. The van der Waals surface area contributed by atoms with E-state index in [1.54, 1.807) is 24.3 Å². The van der Waals surface area contributed by atoms with Gasteiger partial charge in [-0.25, -0.2) is 8.78 Å². The quantitative estimate of drug-likeness (QED) is 0.854. The predicted octanol–water partition coefficient (Wildman–Crippen LogP) is 2.35. The third-order valence-corrected chi connectivity index (χ3v) is 3.57. The molecule has 1 fully saturated rings. The summed E-state index contributed by atoms with van der Waals surface area (Å²) >= 11 is 0. The Morgan fingerprint density at radius 2 is 1.83 bits per heavy atom. The lowest BCUT2D eigenvalue weighted by atomic mass is 9.92. The zero-order chi connectivity index (χ0) is 13.2. The van der Waals surface area contributed by atoms with E-state index in [0.29, 0.717) is 19.4 Å². The summed E-state index contributed by atoms with van der Waals surface area (Å²) in [4.78, 5) is 2.04. The zero-order valence-electron chi connectivity index (χ0n) is 10.1. The molecule has 0 spiro atoms. The van der Waals surface area contributed by atoms with Crippen molar-refractivity contribution in [1.82, 2.24) is 0 Å². The maximum absolute atomic E-state index is 12.9. The fourth-order valence-electron chi connectivity index (χ4n) is 2.32. The van der Waals surface area contributed by atoms with Crippen LogP contribution in [0, 0.1) is 0 Å². The lowest BCUT2D eigenvalue weighted by Gasteiger charge is -2.27. The number of hydrogen-bond acceptors (Lipinski definition) is 3. The van der Waals surface area contributed by atoms with Crippen LogP contribution in [0.1, 0.15) is 19.3 Å². The summed E-state index contributed by atoms with van der Waals surface area (Å²) in [6.45, 7) is 1.24. The van der Waals surface area contributed by atoms with Crippen LogP contribution >= 0.6 is 0 Å². The van der Waals surface area contributed by atoms with Crippen molar-refractivity contribution < 1.29 is 13.9 Å². The fraction of sp³-hybridized carbons (Fsp3) is 0.538. The van der Waals surface area contributed by atoms with Crippen molar-refractivity contribution in [1.29, 1.82) is 0 Å². The smallest absolute Gasteiger partial charge is 0.256 e. The standard InChI is InChI=1S/C13H18F2N2O/c14-12(15)13(16)6-1-8-17(9-7-13)10-2-4-11(18)5-3-10/h2-5,12,18H,1,6-9,16H2. The minimum absolute atomic E-state index is 0.203. The Hall–Kier alpha value is -1.36. The second-order valence-electron chi connectivity index (χ2n) is 4.89. The Morgan fingerprint density at radius 3 is 2.44 bits per heavy atom. The summed E-state index contributed by atoms with van der Waals surface area (Å²) in [5.41, 5.74) is 5.33. The van der Waals surface area contributed by atoms with Crippen LogP contribution in [0.5, 0.6) is 5.75 Å². The van der Waals surface area contributed by atoms with Crippen molar-refractivity contribution in [2.24, 2.45) is 5.73 Å². The van der Waals surface area contributed by atoms with E-state index in [0.717, 1.165) is 12.2 Å². The van der Waals surface area contributed by atoms with Crippen LogP contribution in [0.25, 0.3) is 0 Å². The molecule has 0 aliphatic carbocycles. The molecule has 0 bridgehead atoms. The minimum atomic E-state index is -2.47. The molecule has 1 aromatic carbocycles. The van der Waals surface area contributed by atoms with Crippen molar-refractivity contribution in [2.45, 2.75) is 31.2 Å². The molecule has 1 aliphatic heterocycles. The number of aromatic hydroxyl groups is 1. The van der Waals surface area contributed by atoms with Crippen LogP contribution in [-0.4, -0.2) is 30.2 Å². The summed E-state index contributed by atoms with van der Waals surface area (Å²) in [6.07, 6.45) is -1.19. The first kappa shape index (κ1) is 13.1. The number of benzene rings is 1. The van der Waals surface area contributed by atoms with Gasteiger partial charge in [-0.1, -0.05) is 0 Å². The van der Waals surface area contributed by atoms with Crippen LogP contribution in [0.3, 0.4) is 0 Å². The van der Waals surface area contributed by atoms with E-state index < -0.39 is 12.0 Å². The molecule has 0 aromatic heterocycles. The average Bonchev–Trinajstić information content (AvgIpc) is 2.54. The molecule has 1 aliphatic rings. The van der Waals surface area contributed by atoms with E-state index >= 15 is 0 Å². The first-order chi connectivity index (χ1) is 8.51. The van der Waals surface area contributed by atoms with E-state index in [1.807, 2.05) is 4.90 Å². The molecule has 1 aromatic rings. The first-order valence-corrected chi connectivity index (χ1v) is 6.12. The maximum Gasteiger partial charge on any atom is 0.256 e. The number of hydrogen-bond donors (Lipinski definition) is 2. The topological polar surface area (TPSA) is 49.5 Å². The Balaban J connectivity index is 2.07. The van der Waals surface area contributed by atoms with Gasteiger partial charge in [-0.2, -0.15) is 0 Å². The van der Waals surface area contributed by atoms with Crippen LogP contribution < -0.4 is 10.6 Å². The lowest BCUT2D eigenvalue weighted by molar-refractivity contribution is 0.0466. The highest BCUT2D eigenvalue weighted by molar-refractivity contribution is 5.49. The molecular weight excluding hydrogens is 238 g/mol. The van der Waals surface area contributed by atoms with Gasteiger partial charge in [0.25, 0.3) is 6.43 Å². The summed E-state index contributed by atoms with van der Waals surface area (Å²) in [7, 11) is 0. The molecule has 1 saturated heterocycles. The molecule has 100 valence electrons. The van der Waals surface area contributed by atoms with Gasteiger partial charge in [0.2, 0.25) is 0 Å². The Bertz CT molecular complexity index is 396. The third-order valence-electron chi connectivity index (χ3n) is 3.57. The largest absolute Gasteiger partial charge is 0.508 e. The first-order valence-electron chi connectivity index (χ1n) is 6.12. The minimum Gasteiger partial charge on any atom is -0.508 e. The van der Waals surface area contributed by atoms with Crippen molar-refractivity contribution in [3.63, 3.8) is 0 Å². The Kier molecular flexibility index (Phi) is 3.71. The SMILES string of the molecule is NC1(C(F)F)CCCN(c2ccc(O)cc2)CC1. The zero-order valence-corrected chi connectivity index (χ0v) is 10.1. The number of anilines is 1. The number of nitrogens with zero attached hydrogens (tertiary/aromatic N) is 1. The monoisotopic (exact) mass is 256 g/mol. The van der Waals surface area contributed by atoms with Gasteiger partial charge in [-0.05, 0) is 43.5 Å². The molecule has 5 heteroatoms. The molecule has 18 heavy (non-hydrogen) atoms. The highest BCUT2D eigenvalue weighted by Gasteiger charge is 2.37. The number of nitrogens with two attached hydrogens (primary N) is 1.